The normalized spacial score (nSPS) is 10.5. The van der Waals surface area contributed by atoms with Gasteiger partial charge in [0.1, 0.15) is 23.2 Å². The van der Waals surface area contributed by atoms with Gasteiger partial charge < -0.3 is 15.4 Å². The quantitative estimate of drug-likeness (QED) is 0.726. The zero-order valence-electron chi connectivity index (χ0n) is 13.8. The highest BCUT2D eigenvalue weighted by atomic mass is 19.1. The van der Waals surface area contributed by atoms with Gasteiger partial charge in [-0.2, -0.15) is 0 Å². The van der Waals surface area contributed by atoms with Gasteiger partial charge in [-0.15, -0.1) is 0 Å². The number of nitrogens with zero attached hydrogens (tertiary/aromatic N) is 2. The number of halogens is 1. The third-order valence-electron chi connectivity index (χ3n) is 3.30. The number of amides is 1. The lowest BCUT2D eigenvalue weighted by molar-refractivity contribution is 0.0945. The van der Waals surface area contributed by atoms with Crippen LogP contribution in [0.1, 0.15) is 28.3 Å². The zero-order chi connectivity index (χ0) is 17.4. The van der Waals surface area contributed by atoms with Crippen molar-refractivity contribution in [1.82, 2.24) is 15.3 Å². The molecule has 2 N–H and O–H groups in total. The van der Waals surface area contributed by atoms with Gasteiger partial charge in [0.15, 0.2) is 0 Å². The minimum atomic E-state index is -0.372. The first-order chi connectivity index (χ1) is 11.6. The molecule has 1 aromatic heterocycles. The molecule has 0 spiro atoms. The van der Waals surface area contributed by atoms with Crippen LogP contribution < -0.4 is 10.6 Å². The van der Waals surface area contributed by atoms with E-state index in [1.165, 1.54) is 6.07 Å². The summed E-state index contributed by atoms with van der Waals surface area (Å²) >= 11 is 0. The van der Waals surface area contributed by atoms with Crippen LogP contribution in [0.3, 0.4) is 0 Å². The molecule has 128 valence electrons. The summed E-state index contributed by atoms with van der Waals surface area (Å²) in [5.74, 6) is 0.346. The van der Waals surface area contributed by atoms with Crippen molar-refractivity contribution in [3.63, 3.8) is 0 Å². The monoisotopic (exact) mass is 332 g/mol. The molecular weight excluding hydrogens is 311 g/mol. The van der Waals surface area contributed by atoms with Crippen LogP contribution in [0.2, 0.25) is 0 Å². The second kappa shape index (κ2) is 8.93. The highest BCUT2D eigenvalue weighted by Crippen LogP contribution is 2.09. The number of methoxy groups -OCH3 is 1. The number of nitrogens with one attached hydrogen (secondary N) is 2. The maximum absolute atomic E-state index is 13.6. The van der Waals surface area contributed by atoms with Crippen molar-refractivity contribution < 1.29 is 13.9 Å². The van der Waals surface area contributed by atoms with Gasteiger partial charge in [-0.1, -0.05) is 18.2 Å². The first kappa shape index (κ1) is 17.8. The van der Waals surface area contributed by atoms with E-state index < -0.39 is 0 Å². The molecule has 0 saturated heterocycles. The SMILES string of the molecule is COCCCNc1cc(C(=O)NCc2ccccc2F)nc(C)n1. The summed E-state index contributed by atoms with van der Waals surface area (Å²) in [5, 5.41) is 5.80. The highest BCUT2D eigenvalue weighted by Gasteiger charge is 2.11. The standard InChI is InChI=1S/C17H21FN4O2/c1-12-21-15(10-16(22-12)19-8-5-9-24-2)17(23)20-11-13-6-3-4-7-14(13)18/h3-4,6-7,10H,5,8-9,11H2,1-2H3,(H,20,23)(H,19,21,22). The van der Waals surface area contributed by atoms with Gasteiger partial charge in [-0.3, -0.25) is 4.79 Å². The Morgan fingerprint density at radius 2 is 2.08 bits per heavy atom. The van der Waals surface area contributed by atoms with E-state index in [9.17, 15) is 9.18 Å². The molecule has 7 heteroatoms. The molecule has 6 nitrogen and oxygen atoms in total. The average molecular weight is 332 g/mol. The molecule has 0 aliphatic rings. The van der Waals surface area contributed by atoms with Crippen LogP contribution in [0.5, 0.6) is 0 Å². The van der Waals surface area contributed by atoms with Gasteiger partial charge >= 0.3 is 0 Å². The van der Waals surface area contributed by atoms with Gasteiger partial charge in [0.2, 0.25) is 0 Å². The largest absolute Gasteiger partial charge is 0.385 e. The fraction of sp³-hybridized carbons (Fsp3) is 0.353. The number of aryl methyl sites for hydroxylation is 1. The fourth-order valence-corrected chi connectivity index (χ4v) is 2.12. The van der Waals surface area contributed by atoms with Crippen LogP contribution >= 0.6 is 0 Å². The molecule has 0 fully saturated rings. The van der Waals surface area contributed by atoms with Crippen molar-refractivity contribution >= 4 is 11.7 Å². The van der Waals surface area contributed by atoms with Crippen molar-refractivity contribution in [3.05, 3.63) is 53.2 Å². The van der Waals surface area contributed by atoms with Crippen LogP contribution in [0.4, 0.5) is 10.2 Å². The number of carbonyl (C=O) groups is 1. The van der Waals surface area contributed by atoms with Gasteiger partial charge in [-0.05, 0) is 19.4 Å². The predicted molar refractivity (Wildman–Crippen MR) is 89.3 cm³/mol. The number of aromatic nitrogens is 2. The average Bonchev–Trinajstić information content (AvgIpc) is 2.57. The summed E-state index contributed by atoms with van der Waals surface area (Å²) < 4.78 is 18.6. The molecule has 0 aliphatic heterocycles. The Labute approximate surface area is 140 Å². The van der Waals surface area contributed by atoms with Gasteiger partial charge in [0, 0.05) is 38.4 Å². The summed E-state index contributed by atoms with van der Waals surface area (Å²) in [6.45, 7) is 3.15. The van der Waals surface area contributed by atoms with Crippen molar-refractivity contribution in [2.45, 2.75) is 19.9 Å². The Kier molecular flexibility index (Phi) is 6.62. The maximum Gasteiger partial charge on any atom is 0.270 e. The van der Waals surface area contributed by atoms with Gasteiger partial charge in [-0.25, -0.2) is 14.4 Å². The third kappa shape index (κ3) is 5.27. The van der Waals surface area contributed by atoms with E-state index in [0.717, 1.165) is 6.42 Å². The summed E-state index contributed by atoms with van der Waals surface area (Å²) in [4.78, 5) is 20.6. The Balaban J connectivity index is 1.98. The molecule has 0 saturated carbocycles. The van der Waals surface area contributed by atoms with Crippen molar-refractivity contribution in [2.75, 3.05) is 25.6 Å². The molecule has 2 aromatic rings. The van der Waals surface area contributed by atoms with E-state index in [1.54, 1.807) is 38.3 Å². The lowest BCUT2D eigenvalue weighted by atomic mass is 10.2. The van der Waals surface area contributed by atoms with E-state index >= 15 is 0 Å². The zero-order valence-corrected chi connectivity index (χ0v) is 13.8. The molecule has 0 bridgehead atoms. The molecule has 0 radical (unpaired) electrons. The lowest BCUT2D eigenvalue weighted by Crippen LogP contribution is -2.25. The first-order valence-electron chi connectivity index (χ1n) is 7.70. The predicted octanol–water partition coefficient (Wildman–Crippen LogP) is 2.30. The smallest absolute Gasteiger partial charge is 0.270 e. The minimum absolute atomic E-state index is 0.102. The molecule has 0 aliphatic carbocycles. The molecule has 0 atom stereocenters. The Hall–Kier alpha value is -2.54. The van der Waals surface area contributed by atoms with Crippen molar-refractivity contribution in [3.8, 4) is 0 Å². The topological polar surface area (TPSA) is 76.1 Å². The van der Waals surface area contributed by atoms with Gasteiger partial charge in [0.05, 0.1) is 0 Å². The van der Waals surface area contributed by atoms with E-state index in [-0.39, 0.29) is 24.0 Å². The maximum atomic E-state index is 13.6. The number of rotatable bonds is 8. The molecule has 24 heavy (non-hydrogen) atoms. The molecule has 0 unspecified atom stereocenters. The van der Waals surface area contributed by atoms with E-state index in [4.69, 9.17) is 4.74 Å². The Morgan fingerprint density at radius 1 is 1.29 bits per heavy atom. The molecule has 1 aromatic carbocycles. The van der Waals surface area contributed by atoms with Gasteiger partial charge in [0.25, 0.3) is 5.91 Å². The fourth-order valence-electron chi connectivity index (χ4n) is 2.12. The highest BCUT2D eigenvalue weighted by molar-refractivity contribution is 5.92. The number of ether oxygens (including phenoxy) is 1. The van der Waals surface area contributed by atoms with Crippen LogP contribution in [-0.2, 0) is 11.3 Å². The number of anilines is 1. The molecular formula is C17H21FN4O2. The van der Waals surface area contributed by atoms with Crippen LogP contribution in [0.25, 0.3) is 0 Å². The second-order valence-electron chi connectivity index (χ2n) is 5.23. The van der Waals surface area contributed by atoms with E-state index in [2.05, 4.69) is 20.6 Å². The van der Waals surface area contributed by atoms with Crippen LogP contribution in [0.15, 0.2) is 30.3 Å². The summed E-state index contributed by atoms with van der Waals surface area (Å²) in [5.41, 5.74) is 0.669. The summed E-state index contributed by atoms with van der Waals surface area (Å²) in [6.07, 6.45) is 0.828. The Morgan fingerprint density at radius 3 is 2.83 bits per heavy atom. The number of hydrogen-bond acceptors (Lipinski definition) is 5. The lowest BCUT2D eigenvalue weighted by Gasteiger charge is -2.09. The van der Waals surface area contributed by atoms with Crippen LogP contribution in [0, 0.1) is 12.7 Å². The molecule has 2 rings (SSSR count). The second-order valence-corrected chi connectivity index (χ2v) is 5.23. The number of benzene rings is 1. The summed E-state index contributed by atoms with van der Waals surface area (Å²) in [7, 11) is 1.65. The first-order valence-corrected chi connectivity index (χ1v) is 7.70. The van der Waals surface area contributed by atoms with Crippen molar-refractivity contribution in [1.29, 1.82) is 0 Å². The molecule has 1 heterocycles. The third-order valence-corrected chi connectivity index (χ3v) is 3.30. The molecule has 1 amide bonds. The van der Waals surface area contributed by atoms with Crippen molar-refractivity contribution in [2.24, 2.45) is 0 Å². The Bertz CT molecular complexity index is 694. The minimum Gasteiger partial charge on any atom is -0.385 e. The summed E-state index contributed by atoms with van der Waals surface area (Å²) in [6, 6.07) is 7.90. The van der Waals surface area contributed by atoms with E-state index in [0.29, 0.717) is 30.4 Å². The van der Waals surface area contributed by atoms with Crippen LogP contribution in [-0.4, -0.2) is 36.1 Å². The number of hydrogen-bond donors (Lipinski definition) is 2. The number of carbonyl (C=O) groups excluding carboxylic acids is 1. The van der Waals surface area contributed by atoms with E-state index in [1.807, 2.05) is 0 Å².